The first-order chi connectivity index (χ1) is 2.77. The first-order valence-electron chi connectivity index (χ1n) is 1.91. The van der Waals surface area contributed by atoms with E-state index in [-0.39, 0.29) is 19.2 Å². The van der Waals surface area contributed by atoms with E-state index >= 15 is 0 Å². The predicted molar refractivity (Wildman–Crippen MR) is 21.4 cm³/mol. The fourth-order valence-electron chi connectivity index (χ4n) is 0.249. The van der Waals surface area contributed by atoms with Crippen molar-refractivity contribution in [1.29, 1.82) is 0 Å². The van der Waals surface area contributed by atoms with Crippen LogP contribution >= 0.6 is 0 Å². The summed E-state index contributed by atoms with van der Waals surface area (Å²) in [7, 11) is 0. The molecule has 0 unspecified atom stereocenters. The molecule has 0 aromatic heterocycles. The summed E-state index contributed by atoms with van der Waals surface area (Å²) in [6.45, 7) is 1.65. The summed E-state index contributed by atoms with van der Waals surface area (Å²) < 4.78 is 0.861. The SMILES string of the molecule is [CH3][Ti][CH2]C(C)=O. The Morgan fingerprint density at radius 1 is 1.83 bits per heavy atom. The zero-order chi connectivity index (χ0) is 4.99. The van der Waals surface area contributed by atoms with Gasteiger partial charge in [0.05, 0.1) is 0 Å². The Morgan fingerprint density at radius 2 is 2.33 bits per heavy atom. The molecule has 0 amide bonds. The summed E-state index contributed by atoms with van der Waals surface area (Å²) in [5, 5.41) is 2.13. The first kappa shape index (κ1) is 6.38. The van der Waals surface area contributed by atoms with Gasteiger partial charge in [-0.1, -0.05) is 0 Å². The van der Waals surface area contributed by atoms with Gasteiger partial charge >= 0.3 is 46.6 Å². The van der Waals surface area contributed by atoms with E-state index in [4.69, 9.17) is 0 Å². The van der Waals surface area contributed by atoms with E-state index in [1.165, 1.54) is 0 Å². The molecule has 6 heavy (non-hydrogen) atoms. The van der Waals surface area contributed by atoms with Crippen molar-refractivity contribution < 1.29 is 23.9 Å². The minimum atomic E-state index is 0.113. The van der Waals surface area contributed by atoms with Crippen LogP contribution in [0, 0.1) is 0 Å². The molecule has 0 aliphatic rings. The van der Waals surface area contributed by atoms with E-state index in [1.807, 2.05) is 0 Å². The number of ketones is 1. The van der Waals surface area contributed by atoms with Gasteiger partial charge in [0.15, 0.2) is 0 Å². The van der Waals surface area contributed by atoms with E-state index in [0.717, 1.165) is 4.73 Å². The van der Waals surface area contributed by atoms with Crippen LogP contribution < -0.4 is 0 Å². The zero-order valence-electron chi connectivity index (χ0n) is 4.12. The van der Waals surface area contributed by atoms with E-state index in [9.17, 15) is 4.79 Å². The van der Waals surface area contributed by atoms with Gasteiger partial charge in [-0.25, -0.2) is 0 Å². The summed E-state index contributed by atoms with van der Waals surface area (Å²) in [6, 6.07) is 0. The first-order valence-corrected chi connectivity index (χ1v) is 4.58. The van der Waals surface area contributed by atoms with Crippen LogP contribution in [0.15, 0.2) is 0 Å². The van der Waals surface area contributed by atoms with Gasteiger partial charge in [-0.15, -0.1) is 0 Å². The van der Waals surface area contributed by atoms with Crippen molar-refractivity contribution in [2.24, 2.45) is 0 Å². The predicted octanol–water partition coefficient (Wildman–Crippen LogP) is 1.12. The molecular formula is C4H8OTi. The molecule has 0 N–H and O–H groups in total. The third-order valence-corrected chi connectivity index (χ3v) is 1.76. The molecule has 34 valence electrons. The standard InChI is InChI=1S/C3H5O.CH3.Ti/c1-3(2)4;;/h1H2,2H3;1H3;. The quantitative estimate of drug-likeness (QED) is 0.499. The number of carbonyl (C=O) groups excluding carboxylic acids is 1. The van der Waals surface area contributed by atoms with Crippen molar-refractivity contribution >= 4 is 5.78 Å². The average molecular weight is 120 g/mol. The van der Waals surface area contributed by atoms with E-state index < -0.39 is 0 Å². The summed E-state index contributed by atoms with van der Waals surface area (Å²) in [5.74, 6) is 0.345. The van der Waals surface area contributed by atoms with Gasteiger partial charge in [0.2, 0.25) is 0 Å². The average Bonchev–Trinajstić information content (AvgIpc) is 1.35. The van der Waals surface area contributed by atoms with Gasteiger partial charge in [0.25, 0.3) is 0 Å². The van der Waals surface area contributed by atoms with Crippen LogP contribution in [0.2, 0.25) is 9.95 Å². The molecule has 0 saturated heterocycles. The van der Waals surface area contributed by atoms with Crippen molar-refractivity contribution in [3.8, 4) is 0 Å². The second-order valence-corrected chi connectivity index (χ2v) is 2.89. The van der Waals surface area contributed by atoms with Crippen LogP contribution in [0.3, 0.4) is 0 Å². The van der Waals surface area contributed by atoms with Crippen LogP contribution in [-0.2, 0) is 23.9 Å². The number of hydrogen-bond donors (Lipinski definition) is 0. The Morgan fingerprint density at radius 3 is 2.33 bits per heavy atom. The fourth-order valence-corrected chi connectivity index (χ4v) is 1.03. The van der Waals surface area contributed by atoms with Crippen LogP contribution in [0.5, 0.6) is 0 Å². The Kier molecular flexibility index (Phi) is 3.80. The molecule has 1 nitrogen and oxygen atoms in total. The monoisotopic (exact) mass is 120 g/mol. The molecule has 0 aromatic rings. The number of Topliss-reactive ketones (excluding diaryl/α,β-unsaturated/α-hetero) is 1. The van der Waals surface area contributed by atoms with Crippen molar-refractivity contribution in [3.05, 3.63) is 0 Å². The number of rotatable bonds is 2. The van der Waals surface area contributed by atoms with Crippen molar-refractivity contribution in [1.82, 2.24) is 0 Å². The van der Waals surface area contributed by atoms with Gasteiger partial charge in [0, 0.05) is 0 Å². The minimum absolute atomic E-state index is 0.113. The third kappa shape index (κ3) is 4.38. The van der Waals surface area contributed by atoms with Crippen LogP contribution in [0.25, 0.3) is 0 Å². The fraction of sp³-hybridized carbons (Fsp3) is 0.750. The molecule has 0 radical (unpaired) electrons. The molecule has 0 atom stereocenters. The topological polar surface area (TPSA) is 17.1 Å². The van der Waals surface area contributed by atoms with Crippen LogP contribution in [0.4, 0.5) is 0 Å². The number of carbonyl (C=O) groups is 1. The van der Waals surface area contributed by atoms with Gasteiger partial charge < -0.3 is 0 Å². The van der Waals surface area contributed by atoms with Crippen molar-refractivity contribution in [2.75, 3.05) is 0 Å². The van der Waals surface area contributed by atoms with Crippen molar-refractivity contribution in [2.45, 2.75) is 16.9 Å². The van der Waals surface area contributed by atoms with E-state index in [1.54, 1.807) is 6.92 Å². The Hall–Kier alpha value is 0.384. The van der Waals surface area contributed by atoms with Crippen LogP contribution in [0.1, 0.15) is 6.92 Å². The second-order valence-electron chi connectivity index (χ2n) is 1.23. The summed E-state index contributed by atoms with van der Waals surface area (Å²) >= 11 is 0.113. The molecule has 0 fully saturated rings. The molecule has 0 rings (SSSR count). The van der Waals surface area contributed by atoms with Gasteiger partial charge in [0.1, 0.15) is 0 Å². The second kappa shape index (κ2) is 3.57. The maximum absolute atomic E-state index is 10.1. The normalized spacial score (nSPS) is 7.67. The Balaban J connectivity index is 2.83. The van der Waals surface area contributed by atoms with Gasteiger partial charge in [-0.05, 0) is 0 Å². The van der Waals surface area contributed by atoms with E-state index in [2.05, 4.69) is 5.23 Å². The third-order valence-electron chi connectivity index (χ3n) is 0.426. The molecule has 0 aliphatic heterocycles. The molecule has 0 aromatic carbocycles. The Bertz CT molecular complexity index is 51.5. The molecule has 0 aliphatic carbocycles. The number of hydrogen-bond acceptors (Lipinski definition) is 1. The van der Waals surface area contributed by atoms with Crippen molar-refractivity contribution in [3.63, 3.8) is 0 Å². The molecular weight excluding hydrogens is 112 g/mol. The molecule has 0 spiro atoms. The molecule has 2 heteroatoms. The van der Waals surface area contributed by atoms with Gasteiger partial charge in [-0.3, -0.25) is 0 Å². The summed E-state index contributed by atoms with van der Waals surface area (Å²) in [5.41, 5.74) is 0. The zero-order valence-corrected chi connectivity index (χ0v) is 5.68. The maximum atomic E-state index is 10.1. The molecule has 0 saturated carbocycles. The van der Waals surface area contributed by atoms with Gasteiger partial charge in [-0.2, -0.15) is 0 Å². The van der Waals surface area contributed by atoms with E-state index in [0.29, 0.717) is 5.78 Å². The van der Waals surface area contributed by atoms with Crippen LogP contribution in [-0.4, -0.2) is 5.78 Å². The Labute approximate surface area is 47.0 Å². The summed E-state index contributed by atoms with van der Waals surface area (Å²) in [4.78, 5) is 10.1. The molecule has 0 bridgehead atoms. The molecule has 0 heterocycles. The summed E-state index contributed by atoms with van der Waals surface area (Å²) in [6.07, 6.45) is 0.